The van der Waals surface area contributed by atoms with Gasteiger partial charge in [-0.05, 0) is 40.7 Å². The number of rotatable bonds is 5. The predicted octanol–water partition coefficient (Wildman–Crippen LogP) is 3.29. The third-order valence-electron chi connectivity index (χ3n) is 2.06. The van der Waals surface area contributed by atoms with Crippen molar-refractivity contribution < 1.29 is 0 Å². The molecule has 0 aliphatic carbocycles. The van der Waals surface area contributed by atoms with Gasteiger partial charge in [-0.1, -0.05) is 30.2 Å². The first-order valence-electron chi connectivity index (χ1n) is 5.13. The van der Waals surface area contributed by atoms with Crippen LogP contribution in [0.2, 0.25) is 0 Å². The highest BCUT2D eigenvalue weighted by Crippen LogP contribution is 2.02. The van der Waals surface area contributed by atoms with Crippen LogP contribution in [0, 0.1) is 0 Å². The van der Waals surface area contributed by atoms with E-state index in [0.717, 1.165) is 6.54 Å². The lowest BCUT2D eigenvalue weighted by atomic mass is 10.1. The summed E-state index contributed by atoms with van der Waals surface area (Å²) in [6, 6.07) is 0.496. The van der Waals surface area contributed by atoms with E-state index in [1.165, 1.54) is 17.6 Å². The summed E-state index contributed by atoms with van der Waals surface area (Å²) >= 11 is 0. The molecule has 1 unspecified atom stereocenters. The average molecular weight is 181 g/mol. The Labute approximate surface area is 82.9 Å². The minimum absolute atomic E-state index is 0.496. The van der Waals surface area contributed by atoms with Crippen molar-refractivity contribution in [3.63, 3.8) is 0 Å². The zero-order valence-corrected chi connectivity index (χ0v) is 9.65. The summed E-state index contributed by atoms with van der Waals surface area (Å²) in [7, 11) is 0. The van der Waals surface area contributed by atoms with Crippen molar-refractivity contribution in [3.05, 3.63) is 23.3 Å². The van der Waals surface area contributed by atoms with Crippen LogP contribution in [0.1, 0.15) is 41.0 Å². The highest BCUT2D eigenvalue weighted by Gasteiger charge is 2.00. The number of hydrogen-bond donors (Lipinski definition) is 1. The highest BCUT2D eigenvalue weighted by molar-refractivity contribution is 5.17. The van der Waals surface area contributed by atoms with E-state index in [4.69, 9.17) is 0 Å². The van der Waals surface area contributed by atoms with Gasteiger partial charge in [-0.2, -0.15) is 0 Å². The van der Waals surface area contributed by atoms with Crippen LogP contribution in [0.4, 0.5) is 0 Å². The lowest BCUT2D eigenvalue weighted by Gasteiger charge is -2.13. The molecule has 1 N–H and O–H groups in total. The lowest BCUT2D eigenvalue weighted by molar-refractivity contribution is 0.602. The minimum Gasteiger partial charge on any atom is -0.311 e. The molecule has 0 rings (SSSR count). The molecule has 0 heterocycles. The van der Waals surface area contributed by atoms with Gasteiger partial charge in [0, 0.05) is 6.04 Å². The largest absolute Gasteiger partial charge is 0.311 e. The molecule has 76 valence electrons. The zero-order valence-electron chi connectivity index (χ0n) is 9.65. The average Bonchev–Trinajstić information content (AvgIpc) is 2.10. The van der Waals surface area contributed by atoms with E-state index >= 15 is 0 Å². The van der Waals surface area contributed by atoms with Crippen molar-refractivity contribution in [3.8, 4) is 0 Å². The third-order valence-corrected chi connectivity index (χ3v) is 2.06. The minimum atomic E-state index is 0.496. The van der Waals surface area contributed by atoms with Gasteiger partial charge in [0.2, 0.25) is 0 Å². The summed E-state index contributed by atoms with van der Waals surface area (Å²) in [5.41, 5.74) is 2.75. The molecular weight excluding hydrogens is 158 g/mol. The third kappa shape index (κ3) is 6.59. The Hall–Kier alpha value is -0.560. The molecule has 0 aliphatic heterocycles. The first-order chi connectivity index (χ1) is 6.07. The van der Waals surface area contributed by atoms with E-state index in [2.05, 4.69) is 52.1 Å². The van der Waals surface area contributed by atoms with Crippen LogP contribution in [0.3, 0.4) is 0 Å². The topological polar surface area (TPSA) is 12.0 Å². The van der Waals surface area contributed by atoms with Gasteiger partial charge in [0.25, 0.3) is 0 Å². The van der Waals surface area contributed by atoms with E-state index in [0.29, 0.717) is 6.04 Å². The van der Waals surface area contributed by atoms with E-state index in [-0.39, 0.29) is 0 Å². The molecular formula is C12H23N. The van der Waals surface area contributed by atoms with Crippen molar-refractivity contribution in [1.82, 2.24) is 5.32 Å². The fourth-order valence-corrected chi connectivity index (χ4v) is 0.964. The summed E-state index contributed by atoms with van der Waals surface area (Å²) in [6.07, 6.45) is 5.56. The Balaban J connectivity index is 4.00. The molecule has 0 aromatic heterocycles. The van der Waals surface area contributed by atoms with E-state index < -0.39 is 0 Å². The zero-order chi connectivity index (χ0) is 10.3. The van der Waals surface area contributed by atoms with Crippen LogP contribution in [0.5, 0.6) is 0 Å². The lowest BCUT2D eigenvalue weighted by Crippen LogP contribution is -2.27. The van der Waals surface area contributed by atoms with Crippen molar-refractivity contribution in [1.29, 1.82) is 0 Å². The highest BCUT2D eigenvalue weighted by atomic mass is 14.9. The van der Waals surface area contributed by atoms with Crippen LogP contribution in [-0.2, 0) is 0 Å². The molecule has 0 amide bonds. The van der Waals surface area contributed by atoms with Gasteiger partial charge in [0.05, 0.1) is 0 Å². The molecule has 1 heteroatoms. The molecule has 0 aliphatic rings. The second-order valence-corrected chi connectivity index (χ2v) is 3.83. The molecule has 0 aromatic carbocycles. The SMILES string of the molecule is CCCNC(C)/C(C)=C/C=C(C)C. The quantitative estimate of drug-likeness (QED) is 0.642. The van der Waals surface area contributed by atoms with Crippen molar-refractivity contribution in [2.75, 3.05) is 6.54 Å². The summed E-state index contributed by atoms with van der Waals surface area (Å²) in [4.78, 5) is 0. The molecule has 0 radical (unpaired) electrons. The molecule has 0 aromatic rings. The molecule has 1 atom stereocenters. The summed E-state index contributed by atoms with van der Waals surface area (Å²) in [5, 5.41) is 3.46. The second-order valence-electron chi connectivity index (χ2n) is 3.83. The van der Waals surface area contributed by atoms with Gasteiger partial charge in [0.15, 0.2) is 0 Å². The van der Waals surface area contributed by atoms with Gasteiger partial charge in [-0.25, -0.2) is 0 Å². The standard InChI is InChI=1S/C12H23N/c1-6-9-13-12(5)11(4)8-7-10(2)3/h7-8,12-13H,6,9H2,1-5H3/b11-8+. The molecule has 0 spiro atoms. The second kappa shape index (κ2) is 6.90. The van der Waals surface area contributed by atoms with Gasteiger partial charge < -0.3 is 5.32 Å². The molecule has 0 fully saturated rings. The molecule has 0 saturated carbocycles. The van der Waals surface area contributed by atoms with E-state index in [1.807, 2.05) is 0 Å². The molecule has 0 bridgehead atoms. The monoisotopic (exact) mass is 181 g/mol. The fourth-order valence-electron chi connectivity index (χ4n) is 0.964. The Morgan fingerprint density at radius 2 is 1.85 bits per heavy atom. The van der Waals surface area contributed by atoms with E-state index in [9.17, 15) is 0 Å². The van der Waals surface area contributed by atoms with E-state index in [1.54, 1.807) is 0 Å². The van der Waals surface area contributed by atoms with Crippen molar-refractivity contribution >= 4 is 0 Å². The number of nitrogens with one attached hydrogen (secondary N) is 1. The number of allylic oxidation sites excluding steroid dienone is 3. The maximum Gasteiger partial charge on any atom is 0.0251 e. The smallest absolute Gasteiger partial charge is 0.0251 e. The fraction of sp³-hybridized carbons (Fsp3) is 0.667. The Morgan fingerprint density at radius 3 is 2.31 bits per heavy atom. The number of hydrogen-bond acceptors (Lipinski definition) is 1. The van der Waals surface area contributed by atoms with Crippen molar-refractivity contribution in [2.24, 2.45) is 0 Å². The van der Waals surface area contributed by atoms with Gasteiger partial charge in [-0.15, -0.1) is 0 Å². The summed E-state index contributed by atoms with van der Waals surface area (Å²) in [6.45, 7) is 11.9. The first-order valence-corrected chi connectivity index (χ1v) is 5.13. The Bertz CT molecular complexity index is 185. The normalized spacial score (nSPS) is 14.1. The van der Waals surface area contributed by atoms with Gasteiger partial charge in [-0.3, -0.25) is 0 Å². The molecule has 0 saturated heterocycles. The van der Waals surface area contributed by atoms with Crippen LogP contribution >= 0.6 is 0 Å². The van der Waals surface area contributed by atoms with Crippen LogP contribution in [-0.4, -0.2) is 12.6 Å². The van der Waals surface area contributed by atoms with Crippen LogP contribution in [0.25, 0.3) is 0 Å². The maximum absolute atomic E-state index is 3.46. The van der Waals surface area contributed by atoms with Crippen LogP contribution in [0.15, 0.2) is 23.3 Å². The Kier molecular flexibility index (Phi) is 6.61. The van der Waals surface area contributed by atoms with Gasteiger partial charge in [0.1, 0.15) is 0 Å². The van der Waals surface area contributed by atoms with Crippen molar-refractivity contribution in [2.45, 2.75) is 47.1 Å². The van der Waals surface area contributed by atoms with Crippen LogP contribution < -0.4 is 5.32 Å². The molecule has 1 nitrogen and oxygen atoms in total. The first kappa shape index (κ1) is 12.4. The molecule has 13 heavy (non-hydrogen) atoms. The Morgan fingerprint density at radius 1 is 1.23 bits per heavy atom. The summed E-state index contributed by atoms with van der Waals surface area (Å²) in [5.74, 6) is 0. The summed E-state index contributed by atoms with van der Waals surface area (Å²) < 4.78 is 0. The van der Waals surface area contributed by atoms with Gasteiger partial charge >= 0.3 is 0 Å². The predicted molar refractivity (Wildman–Crippen MR) is 60.9 cm³/mol. The maximum atomic E-state index is 3.46.